The second-order valence-electron chi connectivity index (χ2n) is 11.6. The smallest absolute Gasteiger partial charge is 0.331 e. The van der Waals surface area contributed by atoms with Crippen molar-refractivity contribution in [1.82, 2.24) is 15.1 Å². The third-order valence-electron chi connectivity index (χ3n) is 6.60. The molecule has 0 radical (unpaired) electrons. The highest BCUT2D eigenvalue weighted by atomic mass is 16.4. The van der Waals surface area contributed by atoms with Gasteiger partial charge in [-0.25, -0.2) is 4.79 Å². The number of rotatable bonds is 10. The third kappa shape index (κ3) is 7.66. The van der Waals surface area contributed by atoms with Gasteiger partial charge in [0.1, 0.15) is 6.04 Å². The van der Waals surface area contributed by atoms with Crippen LogP contribution in [0.2, 0.25) is 0 Å². The van der Waals surface area contributed by atoms with Crippen LogP contribution in [0.15, 0.2) is 42.0 Å². The lowest BCUT2D eigenvalue weighted by Gasteiger charge is -2.41. The molecule has 0 aromatic heterocycles. The van der Waals surface area contributed by atoms with Crippen molar-refractivity contribution in [2.75, 3.05) is 21.1 Å². The maximum atomic E-state index is 13.8. The van der Waals surface area contributed by atoms with E-state index in [1.165, 1.54) is 6.92 Å². The van der Waals surface area contributed by atoms with Crippen molar-refractivity contribution in [3.05, 3.63) is 47.5 Å². The summed E-state index contributed by atoms with van der Waals surface area (Å²) in [6.45, 7) is 15.2. The van der Waals surface area contributed by atoms with Crippen LogP contribution in [-0.2, 0) is 19.8 Å². The van der Waals surface area contributed by atoms with Gasteiger partial charge in [0.25, 0.3) is 0 Å². The highest BCUT2D eigenvalue weighted by molar-refractivity contribution is 5.91. The summed E-state index contributed by atoms with van der Waals surface area (Å²) in [6.07, 6.45) is 1.60. The number of nitrogens with one attached hydrogen (secondary N) is 1. The van der Waals surface area contributed by atoms with Crippen molar-refractivity contribution in [3.8, 4) is 0 Å². The predicted molar refractivity (Wildman–Crippen MR) is 141 cm³/mol. The van der Waals surface area contributed by atoms with E-state index in [0.717, 1.165) is 5.56 Å². The summed E-state index contributed by atoms with van der Waals surface area (Å²) in [4.78, 5) is 42.3. The number of hydrogen-bond acceptors (Lipinski definition) is 4. The molecule has 3 atom stereocenters. The summed E-state index contributed by atoms with van der Waals surface area (Å²) < 4.78 is 0. The van der Waals surface area contributed by atoms with Gasteiger partial charge in [-0.3, -0.25) is 14.5 Å². The predicted octanol–water partition coefficient (Wildman–Crippen LogP) is 3.94. The molecule has 1 aromatic rings. The maximum absolute atomic E-state index is 13.8. The van der Waals surface area contributed by atoms with E-state index in [-0.39, 0.29) is 23.3 Å². The number of aliphatic carboxylic acids is 1. The average molecular weight is 488 g/mol. The molecule has 1 aromatic carbocycles. The Hall–Kier alpha value is -2.67. The largest absolute Gasteiger partial charge is 0.478 e. The number of amides is 2. The van der Waals surface area contributed by atoms with E-state index in [0.29, 0.717) is 0 Å². The van der Waals surface area contributed by atoms with E-state index in [4.69, 9.17) is 0 Å². The Balaban J connectivity index is 3.36. The van der Waals surface area contributed by atoms with E-state index < -0.39 is 34.9 Å². The van der Waals surface area contributed by atoms with Crippen LogP contribution in [0, 0.1) is 11.3 Å². The third-order valence-corrected chi connectivity index (χ3v) is 6.60. The topological polar surface area (TPSA) is 90.0 Å². The Bertz CT molecular complexity index is 914. The zero-order valence-electron chi connectivity index (χ0n) is 23.3. The maximum Gasteiger partial charge on any atom is 0.331 e. The van der Waals surface area contributed by atoms with E-state index in [1.54, 1.807) is 18.0 Å². The normalized spacial score (nSPS) is 15.5. The van der Waals surface area contributed by atoms with E-state index in [1.807, 2.05) is 97.8 Å². The molecule has 0 saturated carbocycles. The molecular weight excluding hydrogens is 442 g/mol. The Morgan fingerprint density at radius 1 is 0.971 bits per heavy atom. The van der Waals surface area contributed by atoms with Crippen molar-refractivity contribution >= 4 is 17.8 Å². The summed E-state index contributed by atoms with van der Waals surface area (Å²) in [5.74, 6) is -1.52. The van der Waals surface area contributed by atoms with Gasteiger partial charge in [-0.05, 0) is 37.9 Å². The monoisotopic (exact) mass is 487 g/mol. The Morgan fingerprint density at radius 3 is 1.89 bits per heavy atom. The molecule has 0 aliphatic carbocycles. The minimum atomic E-state index is -1.02. The molecule has 0 heterocycles. The lowest BCUT2D eigenvalue weighted by Crippen LogP contribution is -2.61. The van der Waals surface area contributed by atoms with Crippen LogP contribution in [0.3, 0.4) is 0 Å². The fourth-order valence-electron chi connectivity index (χ4n) is 4.53. The fraction of sp³-hybridized carbons (Fsp3) is 0.607. The molecule has 7 heteroatoms. The SMILES string of the molecule is C/C(=C\[C@H](C(C)C)N(C)C(=O)C(NC(=O)C(N(C)C)C(C)(C)c1ccccc1)C(C)(C)C)C(=O)O. The number of nitrogens with zero attached hydrogens (tertiary/aromatic N) is 2. The fourth-order valence-corrected chi connectivity index (χ4v) is 4.53. The molecule has 0 fully saturated rings. The first-order valence-corrected chi connectivity index (χ1v) is 12.1. The van der Waals surface area contributed by atoms with E-state index in [2.05, 4.69) is 5.32 Å². The second kappa shape index (κ2) is 11.8. The number of carbonyl (C=O) groups excluding carboxylic acids is 2. The van der Waals surface area contributed by atoms with Crippen molar-refractivity contribution in [3.63, 3.8) is 0 Å². The highest BCUT2D eigenvalue weighted by Crippen LogP contribution is 2.31. The molecule has 7 nitrogen and oxygen atoms in total. The standard InChI is InChI=1S/C28H45N3O4/c1-18(2)21(17-19(3)26(34)35)31(11)25(33)22(27(4,5)6)29-24(32)23(30(9)10)28(7,8)20-15-13-12-14-16-20/h12-18,21-23H,1-11H3,(H,29,32)(H,34,35)/b19-17+/t21-,22?,23?/m1/s1. The molecule has 35 heavy (non-hydrogen) atoms. The molecule has 2 amide bonds. The quantitative estimate of drug-likeness (QED) is 0.488. The van der Waals surface area contributed by atoms with Crippen LogP contribution in [0.1, 0.15) is 61.0 Å². The molecule has 2 N–H and O–H groups in total. The van der Waals surface area contributed by atoms with Gasteiger partial charge in [-0.15, -0.1) is 0 Å². The van der Waals surface area contributed by atoms with Crippen molar-refractivity contribution in [1.29, 1.82) is 0 Å². The molecule has 0 aliphatic heterocycles. The first kappa shape index (κ1) is 30.4. The minimum absolute atomic E-state index is 0.0129. The van der Waals surface area contributed by atoms with Crippen molar-refractivity contribution in [2.45, 2.75) is 78.9 Å². The van der Waals surface area contributed by atoms with Gasteiger partial charge < -0.3 is 15.3 Å². The van der Waals surface area contributed by atoms with Gasteiger partial charge in [-0.2, -0.15) is 0 Å². The van der Waals surface area contributed by atoms with Gasteiger partial charge in [0.15, 0.2) is 0 Å². The summed E-state index contributed by atoms with van der Waals surface area (Å²) in [7, 11) is 5.40. The number of benzene rings is 1. The van der Waals surface area contributed by atoms with E-state index >= 15 is 0 Å². The molecule has 1 rings (SSSR count). The molecular formula is C28H45N3O4. The summed E-state index contributed by atoms with van der Waals surface area (Å²) >= 11 is 0. The summed E-state index contributed by atoms with van der Waals surface area (Å²) in [6, 6.07) is 8.12. The molecule has 0 saturated heterocycles. The second-order valence-corrected chi connectivity index (χ2v) is 11.6. The molecule has 2 unspecified atom stereocenters. The van der Waals surface area contributed by atoms with Gasteiger partial charge in [0.05, 0.1) is 12.1 Å². The van der Waals surface area contributed by atoms with E-state index in [9.17, 15) is 19.5 Å². The Morgan fingerprint density at radius 2 is 1.49 bits per heavy atom. The minimum Gasteiger partial charge on any atom is -0.478 e. The number of carboxylic acids is 1. The molecule has 0 spiro atoms. The van der Waals surface area contributed by atoms with Crippen LogP contribution in [0.5, 0.6) is 0 Å². The number of hydrogen-bond donors (Lipinski definition) is 2. The number of carbonyl (C=O) groups is 3. The Labute approximate surface area is 211 Å². The molecule has 196 valence electrons. The highest BCUT2D eigenvalue weighted by Gasteiger charge is 2.43. The average Bonchev–Trinajstić information content (AvgIpc) is 2.73. The lowest BCUT2D eigenvalue weighted by atomic mass is 9.76. The summed E-state index contributed by atoms with van der Waals surface area (Å²) in [5, 5.41) is 12.4. The number of carboxylic acid groups (broad SMARTS) is 1. The lowest BCUT2D eigenvalue weighted by molar-refractivity contribution is -0.142. The van der Waals surface area contributed by atoms with Crippen LogP contribution in [0.25, 0.3) is 0 Å². The van der Waals surface area contributed by atoms with Crippen LogP contribution in [-0.4, -0.2) is 72.0 Å². The summed E-state index contributed by atoms with van der Waals surface area (Å²) in [5.41, 5.74) is 0.117. The van der Waals surface area contributed by atoms with Gasteiger partial charge in [0.2, 0.25) is 11.8 Å². The first-order valence-electron chi connectivity index (χ1n) is 12.1. The zero-order chi connectivity index (χ0) is 27.3. The van der Waals surface area contributed by atoms with Crippen LogP contribution >= 0.6 is 0 Å². The van der Waals surface area contributed by atoms with Gasteiger partial charge >= 0.3 is 5.97 Å². The molecule has 0 aliphatic rings. The van der Waals surface area contributed by atoms with Gasteiger partial charge in [0, 0.05) is 18.0 Å². The Kier molecular flexibility index (Phi) is 10.3. The molecule has 0 bridgehead atoms. The number of likely N-dealkylation sites (N-methyl/N-ethyl adjacent to an activating group) is 2. The van der Waals surface area contributed by atoms with Crippen molar-refractivity contribution in [2.24, 2.45) is 11.3 Å². The van der Waals surface area contributed by atoms with Crippen LogP contribution in [0.4, 0.5) is 0 Å². The van der Waals surface area contributed by atoms with Gasteiger partial charge in [-0.1, -0.05) is 84.9 Å². The first-order chi connectivity index (χ1) is 15.9. The zero-order valence-corrected chi connectivity index (χ0v) is 23.3. The van der Waals surface area contributed by atoms with Crippen molar-refractivity contribution < 1.29 is 19.5 Å². The van der Waals surface area contributed by atoms with Crippen LogP contribution < -0.4 is 5.32 Å².